The lowest BCUT2D eigenvalue weighted by molar-refractivity contribution is 0.376. The quantitative estimate of drug-likeness (QED) is 0.882. The van der Waals surface area contributed by atoms with Crippen LogP contribution in [0.3, 0.4) is 0 Å². The number of hydrogen-bond acceptors (Lipinski definition) is 3. The van der Waals surface area contributed by atoms with E-state index in [4.69, 9.17) is 11.6 Å². The van der Waals surface area contributed by atoms with E-state index in [2.05, 4.69) is 11.6 Å². The van der Waals surface area contributed by atoms with Crippen LogP contribution in [0, 0.1) is 0 Å². The molecule has 0 aliphatic heterocycles. The Balaban J connectivity index is 1.89. The summed E-state index contributed by atoms with van der Waals surface area (Å²) in [5.41, 5.74) is 0.883. The maximum absolute atomic E-state index is 9.85. The predicted octanol–water partition coefficient (Wildman–Crippen LogP) is 3.81. The Morgan fingerprint density at radius 3 is 3.06 bits per heavy atom. The van der Waals surface area contributed by atoms with Crippen molar-refractivity contribution >= 4 is 23.4 Å². The molecule has 1 aromatic carbocycles. The fourth-order valence-electron chi connectivity index (χ4n) is 2.50. The molecule has 1 aliphatic carbocycles. The maximum atomic E-state index is 9.85. The van der Waals surface area contributed by atoms with Crippen LogP contribution in [0.2, 0.25) is 5.02 Å². The molecule has 0 spiro atoms. The predicted molar refractivity (Wildman–Crippen MR) is 79.5 cm³/mol. The Labute approximate surface area is 118 Å². The lowest BCUT2D eigenvalue weighted by Crippen LogP contribution is -2.34. The van der Waals surface area contributed by atoms with Crippen molar-refractivity contribution < 1.29 is 5.11 Å². The summed E-state index contributed by atoms with van der Waals surface area (Å²) in [5.74, 6) is 0.212. The van der Waals surface area contributed by atoms with Gasteiger partial charge >= 0.3 is 0 Å². The second-order valence-electron chi connectivity index (χ2n) is 4.85. The highest BCUT2D eigenvalue weighted by molar-refractivity contribution is 7.99. The summed E-state index contributed by atoms with van der Waals surface area (Å²) in [4.78, 5) is 0. The lowest BCUT2D eigenvalue weighted by Gasteiger charge is -2.29. The van der Waals surface area contributed by atoms with E-state index in [1.54, 1.807) is 6.07 Å². The average Bonchev–Trinajstić information content (AvgIpc) is 2.41. The molecule has 0 aromatic heterocycles. The molecule has 18 heavy (non-hydrogen) atoms. The number of aromatic hydroxyl groups is 1. The summed E-state index contributed by atoms with van der Waals surface area (Å²) >= 11 is 7.87. The summed E-state index contributed by atoms with van der Waals surface area (Å²) in [7, 11) is 0. The minimum Gasteiger partial charge on any atom is -0.506 e. The molecule has 1 fully saturated rings. The summed E-state index contributed by atoms with van der Waals surface area (Å²) in [5, 5.41) is 14.6. The Kier molecular flexibility index (Phi) is 5.22. The molecular formula is C14H20ClNOS. The summed E-state index contributed by atoms with van der Waals surface area (Å²) in [6, 6.07) is 6.08. The van der Waals surface area contributed by atoms with Gasteiger partial charge in [0.15, 0.2) is 0 Å². The second kappa shape index (κ2) is 6.69. The number of hydrogen-bond donors (Lipinski definition) is 2. The van der Waals surface area contributed by atoms with Crippen LogP contribution in [0.25, 0.3) is 0 Å². The Bertz CT molecular complexity index is 399. The van der Waals surface area contributed by atoms with Crippen molar-refractivity contribution in [1.82, 2.24) is 5.32 Å². The molecule has 2 nitrogen and oxygen atoms in total. The third-order valence-electron chi connectivity index (χ3n) is 3.61. The van der Waals surface area contributed by atoms with E-state index in [0.717, 1.165) is 10.8 Å². The van der Waals surface area contributed by atoms with Crippen molar-refractivity contribution in [3.63, 3.8) is 0 Å². The molecule has 4 heteroatoms. The molecule has 1 saturated carbocycles. The van der Waals surface area contributed by atoms with Crippen molar-refractivity contribution in [1.29, 1.82) is 0 Å². The fraction of sp³-hybridized carbons (Fsp3) is 0.571. The van der Waals surface area contributed by atoms with E-state index >= 15 is 0 Å². The number of halogens is 1. The highest BCUT2D eigenvalue weighted by Gasteiger charge is 2.20. The van der Waals surface area contributed by atoms with E-state index in [-0.39, 0.29) is 5.75 Å². The molecule has 1 aromatic rings. The van der Waals surface area contributed by atoms with Crippen LogP contribution in [-0.4, -0.2) is 22.7 Å². The van der Waals surface area contributed by atoms with E-state index in [0.29, 0.717) is 17.6 Å². The molecule has 100 valence electrons. The van der Waals surface area contributed by atoms with E-state index < -0.39 is 0 Å². The Hall–Kier alpha value is -0.380. The zero-order valence-electron chi connectivity index (χ0n) is 10.7. The van der Waals surface area contributed by atoms with Crippen LogP contribution in [0.4, 0.5) is 0 Å². The standard InChI is InChI=1S/C14H20ClNOS/c1-18-12-6-3-5-11(8-12)16-9-10-4-2-7-13(15)14(10)17/h2,4,7,11-12,16-17H,3,5-6,8-9H2,1H3. The van der Waals surface area contributed by atoms with Gasteiger partial charge in [0.05, 0.1) is 5.02 Å². The number of para-hydroxylation sites is 1. The minimum atomic E-state index is 0.212. The van der Waals surface area contributed by atoms with Gasteiger partial charge in [-0.05, 0) is 31.6 Å². The van der Waals surface area contributed by atoms with Crippen molar-refractivity contribution in [3.8, 4) is 5.75 Å². The number of nitrogens with one attached hydrogen (secondary N) is 1. The van der Waals surface area contributed by atoms with Crippen LogP contribution in [0.15, 0.2) is 18.2 Å². The van der Waals surface area contributed by atoms with Gasteiger partial charge in [-0.15, -0.1) is 0 Å². The second-order valence-corrected chi connectivity index (χ2v) is 6.39. The number of phenols is 1. The molecule has 2 atom stereocenters. The third-order valence-corrected chi connectivity index (χ3v) is 5.01. The van der Waals surface area contributed by atoms with E-state index in [9.17, 15) is 5.11 Å². The van der Waals surface area contributed by atoms with E-state index in [1.165, 1.54) is 25.7 Å². The van der Waals surface area contributed by atoms with Gasteiger partial charge in [0, 0.05) is 23.4 Å². The van der Waals surface area contributed by atoms with Gasteiger partial charge in [-0.1, -0.05) is 30.2 Å². The molecule has 0 bridgehead atoms. The lowest BCUT2D eigenvalue weighted by atomic mass is 9.95. The largest absolute Gasteiger partial charge is 0.506 e. The SMILES string of the molecule is CSC1CCCC(NCc2cccc(Cl)c2O)C1. The van der Waals surface area contributed by atoms with Crippen LogP contribution >= 0.6 is 23.4 Å². The molecule has 0 amide bonds. The number of thioether (sulfide) groups is 1. The molecular weight excluding hydrogens is 266 g/mol. The zero-order valence-corrected chi connectivity index (χ0v) is 12.2. The third kappa shape index (κ3) is 3.56. The van der Waals surface area contributed by atoms with Gasteiger partial charge in [0.25, 0.3) is 0 Å². The first-order chi connectivity index (χ1) is 8.70. The molecule has 2 unspecified atom stereocenters. The first-order valence-electron chi connectivity index (χ1n) is 6.43. The smallest absolute Gasteiger partial charge is 0.138 e. The molecule has 2 N–H and O–H groups in total. The summed E-state index contributed by atoms with van der Waals surface area (Å²) in [6.07, 6.45) is 7.28. The van der Waals surface area contributed by atoms with Crippen molar-refractivity contribution in [3.05, 3.63) is 28.8 Å². The van der Waals surface area contributed by atoms with Gasteiger partial charge in [0.1, 0.15) is 5.75 Å². The molecule has 1 aliphatic rings. The van der Waals surface area contributed by atoms with Crippen LogP contribution in [-0.2, 0) is 6.54 Å². The highest BCUT2D eigenvalue weighted by Crippen LogP contribution is 2.29. The average molecular weight is 286 g/mol. The summed E-state index contributed by atoms with van der Waals surface area (Å²) in [6.45, 7) is 0.693. The molecule has 0 heterocycles. The summed E-state index contributed by atoms with van der Waals surface area (Å²) < 4.78 is 0. The van der Waals surface area contributed by atoms with Gasteiger partial charge in [-0.2, -0.15) is 11.8 Å². The molecule has 0 saturated heterocycles. The van der Waals surface area contributed by atoms with Gasteiger partial charge < -0.3 is 10.4 Å². The highest BCUT2D eigenvalue weighted by atomic mass is 35.5. The molecule has 2 rings (SSSR count). The Morgan fingerprint density at radius 2 is 2.28 bits per heavy atom. The molecule has 0 radical (unpaired) electrons. The maximum Gasteiger partial charge on any atom is 0.138 e. The van der Waals surface area contributed by atoms with E-state index in [1.807, 2.05) is 23.9 Å². The number of rotatable bonds is 4. The number of phenolic OH excluding ortho intramolecular Hbond substituents is 1. The first kappa shape index (κ1) is 14.0. The van der Waals surface area contributed by atoms with Crippen LogP contribution < -0.4 is 5.32 Å². The van der Waals surface area contributed by atoms with Crippen molar-refractivity contribution in [2.24, 2.45) is 0 Å². The topological polar surface area (TPSA) is 32.3 Å². The van der Waals surface area contributed by atoms with Crippen LogP contribution in [0.5, 0.6) is 5.75 Å². The number of benzene rings is 1. The van der Waals surface area contributed by atoms with Crippen molar-refractivity contribution in [2.75, 3.05) is 6.26 Å². The fourth-order valence-corrected chi connectivity index (χ4v) is 3.52. The van der Waals surface area contributed by atoms with Gasteiger partial charge in [-0.25, -0.2) is 0 Å². The monoisotopic (exact) mass is 285 g/mol. The zero-order chi connectivity index (χ0) is 13.0. The minimum absolute atomic E-state index is 0.212. The van der Waals surface area contributed by atoms with Gasteiger partial charge in [0.2, 0.25) is 0 Å². The van der Waals surface area contributed by atoms with Crippen molar-refractivity contribution in [2.45, 2.75) is 43.5 Å². The normalized spacial score (nSPS) is 24.1. The Morgan fingerprint density at radius 1 is 1.44 bits per heavy atom. The van der Waals surface area contributed by atoms with Gasteiger partial charge in [-0.3, -0.25) is 0 Å². The van der Waals surface area contributed by atoms with Crippen LogP contribution in [0.1, 0.15) is 31.2 Å². The first-order valence-corrected chi connectivity index (χ1v) is 8.10.